The molecule has 1 fully saturated rings. The first-order chi connectivity index (χ1) is 12.8. The Labute approximate surface area is 150 Å². The van der Waals surface area contributed by atoms with E-state index in [1.165, 1.54) is 0 Å². The summed E-state index contributed by atoms with van der Waals surface area (Å²) in [5.74, 6) is 1.89. The van der Waals surface area contributed by atoms with Crippen molar-refractivity contribution in [1.29, 1.82) is 0 Å². The van der Waals surface area contributed by atoms with Gasteiger partial charge in [-0.15, -0.1) is 0 Å². The molecule has 3 aromatic heterocycles. The molecule has 1 saturated heterocycles. The molecule has 1 atom stereocenters. The average Bonchev–Trinajstić information content (AvgIpc) is 3.18. The van der Waals surface area contributed by atoms with Gasteiger partial charge in [0.1, 0.15) is 17.3 Å². The van der Waals surface area contributed by atoms with Gasteiger partial charge >= 0.3 is 0 Å². The molecular weight excluding hydrogens is 330 g/mol. The van der Waals surface area contributed by atoms with Gasteiger partial charge in [-0.3, -0.25) is 14.8 Å². The van der Waals surface area contributed by atoms with E-state index in [9.17, 15) is 4.79 Å². The molecule has 26 heavy (non-hydrogen) atoms. The third-order valence-electron chi connectivity index (χ3n) is 4.41. The Hall–Kier alpha value is -3.29. The highest BCUT2D eigenvalue weighted by atomic mass is 16.2. The van der Waals surface area contributed by atoms with Gasteiger partial charge in [-0.2, -0.15) is 0 Å². The van der Waals surface area contributed by atoms with Crippen LogP contribution in [-0.2, 0) is 4.79 Å². The maximum atomic E-state index is 12.7. The van der Waals surface area contributed by atoms with Gasteiger partial charge in [-0.25, -0.2) is 9.97 Å². The lowest BCUT2D eigenvalue weighted by Gasteiger charge is -2.32. The molecular formula is C18H19N7O. The second kappa shape index (κ2) is 7.30. The molecule has 8 heteroatoms. The minimum absolute atomic E-state index is 0.0187. The molecule has 0 saturated carbocycles. The molecule has 4 rings (SSSR count). The van der Waals surface area contributed by atoms with Gasteiger partial charge in [-0.1, -0.05) is 6.07 Å². The SMILES string of the molecule is O=C(Nc1cnc(-c2ccccn2)[nH]1)C1CCCN(c2cnccn2)C1. The van der Waals surface area contributed by atoms with E-state index < -0.39 is 0 Å². The number of carbonyl (C=O) groups excluding carboxylic acids is 1. The van der Waals surface area contributed by atoms with E-state index in [0.717, 1.165) is 30.9 Å². The second-order valence-electron chi connectivity index (χ2n) is 6.20. The van der Waals surface area contributed by atoms with E-state index in [1.54, 1.807) is 31.0 Å². The number of hydrogen-bond donors (Lipinski definition) is 2. The molecule has 0 radical (unpaired) electrons. The number of amides is 1. The molecule has 8 nitrogen and oxygen atoms in total. The molecule has 1 unspecified atom stereocenters. The summed E-state index contributed by atoms with van der Waals surface area (Å²) in [6.07, 6.45) is 10.2. The van der Waals surface area contributed by atoms with Crippen molar-refractivity contribution in [2.24, 2.45) is 5.92 Å². The molecule has 0 bridgehead atoms. The Morgan fingerprint density at radius 2 is 2.12 bits per heavy atom. The number of rotatable bonds is 4. The maximum Gasteiger partial charge on any atom is 0.230 e. The zero-order valence-corrected chi connectivity index (χ0v) is 14.2. The number of piperidine rings is 1. The fourth-order valence-corrected chi connectivity index (χ4v) is 3.11. The van der Waals surface area contributed by atoms with Gasteiger partial charge in [-0.05, 0) is 25.0 Å². The molecule has 3 aromatic rings. The van der Waals surface area contributed by atoms with Crippen LogP contribution in [0.1, 0.15) is 12.8 Å². The molecule has 4 heterocycles. The van der Waals surface area contributed by atoms with Crippen LogP contribution in [0.4, 0.5) is 11.6 Å². The topological polar surface area (TPSA) is 99.7 Å². The van der Waals surface area contributed by atoms with Gasteiger partial charge in [0.05, 0.1) is 18.3 Å². The van der Waals surface area contributed by atoms with E-state index >= 15 is 0 Å². The number of aromatic amines is 1. The van der Waals surface area contributed by atoms with Crippen molar-refractivity contribution in [3.8, 4) is 11.5 Å². The predicted molar refractivity (Wildman–Crippen MR) is 97.4 cm³/mol. The largest absolute Gasteiger partial charge is 0.355 e. The maximum absolute atomic E-state index is 12.7. The first-order valence-electron chi connectivity index (χ1n) is 8.58. The minimum atomic E-state index is -0.104. The standard InChI is InChI=1S/C18H19N7O/c26-18(13-4-3-9-25(12-13)16-11-19-7-8-21-16)24-15-10-22-17(23-15)14-5-1-2-6-20-14/h1-2,5-8,10-11,13H,3-4,9,12H2,(H,22,23)(H,24,26). The van der Waals surface area contributed by atoms with Crippen molar-refractivity contribution >= 4 is 17.5 Å². The van der Waals surface area contributed by atoms with E-state index in [1.807, 2.05) is 18.2 Å². The Kier molecular flexibility index (Phi) is 4.55. The molecule has 1 amide bonds. The Morgan fingerprint density at radius 3 is 2.92 bits per heavy atom. The summed E-state index contributed by atoms with van der Waals surface area (Å²) in [5, 5.41) is 2.93. The lowest BCUT2D eigenvalue weighted by atomic mass is 9.97. The summed E-state index contributed by atoms with van der Waals surface area (Å²) >= 11 is 0. The molecule has 0 aromatic carbocycles. The third kappa shape index (κ3) is 3.53. The van der Waals surface area contributed by atoms with Crippen LogP contribution in [0.2, 0.25) is 0 Å². The van der Waals surface area contributed by atoms with Crippen LogP contribution in [0, 0.1) is 5.92 Å². The van der Waals surface area contributed by atoms with Crippen LogP contribution < -0.4 is 10.2 Å². The molecule has 2 N–H and O–H groups in total. The first-order valence-corrected chi connectivity index (χ1v) is 8.58. The summed E-state index contributed by atoms with van der Waals surface area (Å²) in [6, 6.07) is 5.61. The number of pyridine rings is 1. The molecule has 0 aliphatic carbocycles. The molecule has 1 aliphatic rings. The number of nitrogens with zero attached hydrogens (tertiary/aromatic N) is 5. The molecule has 1 aliphatic heterocycles. The Morgan fingerprint density at radius 1 is 1.15 bits per heavy atom. The number of imidazole rings is 1. The van der Waals surface area contributed by atoms with Gasteiger partial charge in [0, 0.05) is 31.7 Å². The second-order valence-corrected chi connectivity index (χ2v) is 6.20. The van der Waals surface area contributed by atoms with Crippen molar-refractivity contribution in [3.05, 3.63) is 49.2 Å². The summed E-state index contributed by atoms with van der Waals surface area (Å²) in [6.45, 7) is 1.52. The fraction of sp³-hybridized carbons (Fsp3) is 0.278. The Balaban J connectivity index is 1.41. The highest BCUT2D eigenvalue weighted by Crippen LogP contribution is 2.22. The van der Waals surface area contributed by atoms with Crippen molar-refractivity contribution < 1.29 is 4.79 Å². The average molecular weight is 349 g/mol. The number of aromatic nitrogens is 5. The van der Waals surface area contributed by atoms with Crippen LogP contribution in [0.15, 0.2) is 49.2 Å². The van der Waals surface area contributed by atoms with Crippen molar-refractivity contribution in [2.45, 2.75) is 12.8 Å². The summed E-state index contributed by atoms with van der Waals surface area (Å²) in [4.78, 5) is 34.8. The summed E-state index contributed by atoms with van der Waals surface area (Å²) in [5.41, 5.74) is 0.736. The van der Waals surface area contributed by atoms with Gasteiger partial charge in [0.2, 0.25) is 5.91 Å². The Bertz CT molecular complexity index is 866. The number of hydrogen-bond acceptors (Lipinski definition) is 6. The lowest BCUT2D eigenvalue weighted by molar-refractivity contribution is -0.120. The highest BCUT2D eigenvalue weighted by Gasteiger charge is 2.27. The molecule has 132 valence electrons. The predicted octanol–water partition coefficient (Wildman–Crippen LogP) is 2.12. The van der Waals surface area contributed by atoms with E-state index in [-0.39, 0.29) is 11.8 Å². The van der Waals surface area contributed by atoms with E-state index in [4.69, 9.17) is 0 Å². The minimum Gasteiger partial charge on any atom is -0.355 e. The highest BCUT2D eigenvalue weighted by molar-refractivity contribution is 5.92. The number of H-pyrrole nitrogens is 1. The number of nitrogens with one attached hydrogen (secondary N) is 2. The van der Waals surface area contributed by atoms with Gasteiger partial charge in [0.15, 0.2) is 5.82 Å². The zero-order chi connectivity index (χ0) is 17.8. The summed E-state index contributed by atoms with van der Waals surface area (Å²) < 4.78 is 0. The third-order valence-corrected chi connectivity index (χ3v) is 4.41. The van der Waals surface area contributed by atoms with Crippen LogP contribution >= 0.6 is 0 Å². The van der Waals surface area contributed by atoms with Crippen molar-refractivity contribution in [3.63, 3.8) is 0 Å². The number of anilines is 2. The summed E-state index contributed by atoms with van der Waals surface area (Å²) in [7, 11) is 0. The number of carbonyl (C=O) groups is 1. The van der Waals surface area contributed by atoms with Crippen LogP contribution in [0.25, 0.3) is 11.5 Å². The molecule has 0 spiro atoms. The van der Waals surface area contributed by atoms with Crippen molar-refractivity contribution in [1.82, 2.24) is 24.9 Å². The lowest BCUT2D eigenvalue weighted by Crippen LogP contribution is -2.41. The van der Waals surface area contributed by atoms with E-state index in [0.29, 0.717) is 18.2 Å². The quantitative estimate of drug-likeness (QED) is 0.748. The fourth-order valence-electron chi connectivity index (χ4n) is 3.11. The zero-order valence-electron chi connectivity index (χ0n) is 14.2. The van der Waals surface area contributed by atoms with Crippen molar-refractivity contribution in [2.75, 3.05) is 23.3 Å². The van der Waals surface area contributed by atoms with E-state index in [2.05, 4.69) is 35.1 Å². The van der Waals surface area contributed by atoms with Crippen LogP contribution in [0.3, 0.4) is 0 Å². The monoisotopic (exact) mass is 349 g/mol. The first kappa shape index (κ1) is 16.2. The van der Waals surface area contributed by atoms with Crippen LogP contribution in [-0.4, -0.2) is 43.9 Å². The van der Waals surface area contributed by atoms with Gasteiger partial charge < -0.3 is 15.2 Å². The van der Waals surface area contributed by atoms with Crippen LogP contribution in [0.5, 0.6) is 0 Å². The normalized spacial score (nSPS) is 17.1. The smallest absolute Gasteiger partial charge is 0.230 e. The van der Waals surface area contributed by atoms with Gasteiger partial charge in [0.25, 0.3) is 0 Å².